The Balaban J connectivity index is 2.17. The number of rotatable bonds is 4. The van der Waals surface area contributed by atoms with Crippen LogP contribution in [-0.4, -0.2) is 34.0 Å². The normalized spacial score (nSPS) is 10.4. The molecule has 7 nitrogen and oxygen atoms in total. The van der Waals surface area contributed by atoms with Gasteiger partial charge in [0.15, 0.2) is 0 Å². The first-order valence-electron chi connectivity index (χ1n) is 5.63. The Bertz CT molecular complexity index is 534. The van der Waals surface area contributed by atoms with Gasteiger partial charge in [0.2, 0.25) is 17.8 Å². The van der Waals surface area contributed by atoms with Crippen molar-refractivity contribution in [3.05, 3.63) is 23.5 Å². The zero-order chi connectivity index (χ0) is 13.1. The van der Waals surface area contributed by atoms with Crippen LogP contribution in [0.25, 0.3) is 0 Å². The van der Waals surface area contributed by atoms with Gasteiger partial charge in [-0.3, -0.25) is 0 Å². The van der Waals surface area contributed by atoms with Gasteiger partial charge in [-0.1, -0.05) is 0 Å². The Kier molecular flexibility index (Phi) is 3.31. The van der Waals surface area contributed by atoms with E-state index >= 15 is 0 Å². The Morgan fingerprint density at radius 1 is 1.33 bits per heavy atom. The van der Waals surface area contributed by atoms with Gasteiger partial charge < -0.3 is 20.9 Å². The molecule has 18 heavy (non-hydrogen) atoms. The molecule has 0 aromatic carbocycles. The second-order valence-electron chi connectivity index (χ2n) is 4.09. The molecular formula is C11H17N7. The summed E-state index contributed by atoms with van der Waals surface area (Å²) in [4.78, 5) is 17.5. The minimum atomic E-state index is 0.207. The number of hydrogen-bond donors (Lipinski definition) is 3. The lowest BCUT2D eigenvalue weighted by Gasteiger charge is -2.16. The number of anilines is 3. The fourth-order valence-corrected chi connectivity index (χ4v) is 1.64. The molecule has 0 radical (unpaired) electrons. The summed E-state index contributed by atoms with van der Waals surface area (Å²) in [6.07, 6.45) is 0. The zero-order valence-corrected chi connectivity index (χ0v) is 10.7. The van der Waals surface area contributed by atoms with Crippen molar-refractivity contribution in [3.8, 4) is 0 Å². The van der Waals surface area contributed by atoms with E-state index < -0.39 is 0 Å². The van der Waals surface area contributed by atoms with Gasteiger partial charge in [0, 0.05) is 25.5 Å². The van der Waals surface area contributed by atoms with Gasteiger partial charge >= 0.3 is 0 Å². The largest absolute Gasteiger partial charge is 0.368 e. The standard InChI is InChI=1S/C11H17N7/c1-7-4-5-8(14-7)6-18(3)11-16-9(12)15-10(13-2)17-11/h4-5,14H,6H2,1-3H3,(H3,12,13,15,16,17). The van der Waals surface area contributed by atoms with Crippen molar-refractivity contribution in [2.45, 2.75) is 13.5 Å². The van der Waals surface area contributed by atoms with Crippen molar-refractivity contribution in [1.82, 2.24) is 19.9 Å². The number of aromatic amines is 1. The van der Waals surface area contributed by atoms with Gasteiger partial charge in [-0.25, -0.2) is 0 Å². The molecule has 96 valence electrons. The minimum Gasteiger partial charge on any atom is -0.368 e. The maximum atomic E-state index is 5.63. The zero-order valence-electron chi connectivity index (χ0n) is 10.7. The third-order valence-electron chi connectivity index (χ3n) is 2.51. The lowest BCUT2D eigenvalue weighted by atomic mass is 10.4. The van der Waals surface area contributed by atoms with Crippen molar-refractivity contribution in [3.63, 3.8) is 0 Å². The van der Waals surface area contributed by atoms with Crippen molar-refractivity contribution in [2.75, 3.05) is 30.0 Å². The van der Waals surface area contributed by atoms with Crippen LogP contribution in [-0.2, 0) is 6.54 Å². The molecule has 0 amide bonds. The Morgan fingerprint density at radius 3 is 2.72 bits per heavy atom. The molecule has 0 unspecified atom stereocenters. The van der Waals surface area contributed by atoms with E-state index in [0.29, 0.717) is 18.4 Å². The molecule has 0 atom stereocenters. The third-order valence-corrected chi connectivity index (χ3v) is 2.51. The van der Waals surface area contributed by atoms with E-state index in [4.69, 9.17) is 5.73 Å². The van der Waals surface area contributed by atoms with Gasteiger partial charge in [0.25, 0.3) is 0 Å². The second-order valence-corrected chi connectivity index (χ2v) is 4.09. The van der Waals surface area contributed by atoms with Crippen LogP contribution >= 0.6 is 0 Å². The maximum Gasteiger partial charge on any atom is 0.232 e. The number of aryl methyl sites for hydroxylation is 1. The molecule has 2 rings (SSSR count). The molecular weight excluding hydrogens is 230 g/mol. The first kappa shape index (κ1) is 12.2. The molecule has 0 aliphatic carbocycles. The van der Waals surface area contributed by atoms with Crippen LogP contribution in [0.4, 0.5) is 17.8 Å². The molecule has 0 aliphatic heterocycles. The smallest absolute Gasteiger partial charge is 0.232 e. The summed E-state index contributed by atoms with van der Waals surface area (Å²) in [6, 6.07) is 4.07. The summed E-state index contributed by atoms with van der Waals surface area (Å²) in [5.74, 6) is 1.21. The molecule has 0 spiro atoms. The molecule has 7 heteroatoms. The average molecular weight is 247 g/mol. The monoisotopic (exact) mass is 247 g/mol. The lowest BCUT2D eigenvalue weighted by Crippen LogP contribution is -2.21. The summed E-state index contributed by atoms with van der Waals surface area (Å²) in [7, 11) is 3.65. The Morgan fingerprint density at radius 2 is 2.11 bits per heavy atom. The summed E-state index contributed by atoms with van der Waals surface area (Å²) in [5, 5.41) is 2.85. The molecule has 0 fully saturated rings. The lowest BCUT2D eigenvalue weighted by molar-refractivity contribution is 0.838. The highest BCUT2D eigenvalue weighted by molar-refractivity contribution is 5.41. The minimum absolute atomic E-state index is 0.207. The van der Waals surface area contributed by atoms with Crippen molar-refractivity contribution >= 4 is 17.8 Å². The van der Waals surface area contributed by atoms with E-state index in [2.05, 4.69) is 25.3 Å². The van der Waals surface area contributed by atoms with Crippen LogP contribution in [0.2, 0.25) is 0 Å². The number of nitrogens with one attached hydrogen (secondary N) is 2. The first-order chi connectivity index (χ1) is 8.58. The predicted octanol–water partition coefficient (Wildman–Crippen LogP) is 0.768. The van der Waals surface area contributed by atoms with E-state index in [1.165, 1.54) is 0 Å². The molecule has 2 heterocycles. The van der Waals surface area contributed by atoms with Gasteiger partial charge in [0.05, 0.1) is 6.54 Å². The number of nitrogen functional groups attached to an aromatic ring is 1. The third kappa shape index (κ3) is 2.68. The molecule has 0 aliphatic rings. The molecule has 0 saturated heterocycles. The number of nitrogens with zero attached hydrogens (tertiary/aromatic N) is 4. The first-order valence-corrected chi connectivity index (χ1v) is 5.63. The Hall–Kier alpha value is -2.31. The highest BCUT2D eigenvalue weighted by Gasteiger charge is 2.09. The topological polar surface area (TPSA) is 95.7 Å². The second kappa shape index (κ2) is 4.91. The van der Waals surface area contributed by atoms with E-state index in [0.717, 1.165) is 11.4 Å². The number of aromatic nitrogens is 4. The summed E-state index contributed by atoms with van der Waals surface area (Å²) in [6.45, 7) is 2.70. The molecule has 0 bridgehead atoms. The summed E-state index contributed by atoms with van der Waals surface area (Å²) in [5.41, 5.74) is 7.86. The van der Waals surface area contributed by atoms with Gasteiger partial charge in [-0.05, 0) is 19.1 Å². The number of H-pyrrole nitrogens is 1. The van der Waals surface area contributed by atoms with Crippen LogP contribution < -0.4 is 16.0 Å². The summed E-state index contributed by atoms with van der Waals surface area (Å²) >= 11 is 0. The summed E-state index contributed by atoms with van der Waals surface area (Å²) < 4.78 is 0. The van der Waals surface area contributed by atoms with Gasteiger partial charge in [0.1, 0.15) is 0 Å². The van der Waals surface area contributed by atoms with Crippen molar-refractivity contribution in [2.24, 2.45) is 0 Å². The van der Waals surface area contributed by atoms with Crippen LogP contribution in [0.15, 0.2) is 12.1 Å². The van der Waals surface area contributed by atoms with Gasteiger partial charge in [-0.2, -0.15) is 15.0 Å². The van der Waals surface area contributed by atoms with E-state index in [9.17, 15) is 0 Å². The van der Waals surface area contributed by atoms with Crippen LogP contribution in [0, 0.1) is 6.92 Å². The molecule has 0 saturated carbocycles. The molecule has 2 aromatic heterocycles. The van der Waals surface area contributed by atoms with Crippen LogP contribution in [0.3, 0.4) is 0 Å². The van der Waals surface area contributed by atoms with Crippen molar-refractivity contribution in [1.29, 1.82) is 0 Å². The van der Waals surface area contributed by atoms with E-state index in [1.807, 2.05) is 31.0 Å². The SMILES string of the molecule is CNc1nc(N)nc(N(C)Cc2ccc(C)[nH]2)n1. The van der Waals surface area contributed by atoms with Crippen LogP contribution in [0.1, 0.15) is 11.4 Å². The predicted molar refractivity (Wildman–Crippen MR) is 71.4 cm³/mol. The molecule has 4 N–H and O–H groups in total. The van der Waals surface area contributed by atoms with Gasteiger partial charge in [-0.15, -0.1) is 0 Å². The maximum absolute atomic E-state index is 5.63. The highest BCUT2D eigenvalue weighted by atomic mass is 15.3. The molecule has 2 aromatic rings. The quantitative estimate of drug-likeness (QED) is 0.738. The van der Waals surface area contributed by atoms with E-state index in [1.54, 1.807) is 7.05 Å². The Labute approximate surface area is 105 Å². The van der Waals surface area contributed by atoms with Crippen LogP contribution in [0.5, 0.6) is 0 Å². The number of hydrogen-bond acceptors (Lipinski definition) is 6. The fraction of sp³-hybridized carbons (Fsp3) is 0.364. The number of nitrogens with two attached hydrogens (primary N) is 1. The fourth-order valence-electron chi connectivity index (χ4n) is 1.64. The van der Waals surface area contributed by atoms with E-state index in [-0.39, 0.29) is 5.95 Å². The highest BCUT2D eigenvalue weighted by Crippen LogP contribution is 2.13. The average Bonchev–Trinajstić information content (AvgIpc) is 2.73. The van der Waals surface area contributed by atoms with Crippen molar-refractivity contribution < 1.29 is 0 Å².